The van der Waals surface area contributed by atoms with Crippen LogP contribution in [0.25, 0.3) is 11.0 Å². The lowest BCUT2D eigenvalue weighted by Crippen LogP contribution is -2.20. The molecule has 1 aliphatic rings. The molecule has 0 atom stereocenters. The zero-order valence-corrected chi connectivity index (χ0v) is 16.4. The molecule has 5 rings (SSSR count). The van der Waals surface area contributed by atoms with Crippen LogP contribution >= 0.6 is 0 Å². The molecule has 0 radical (unpaired) electrons. The number of benzene rings is 2. The number of carbonyl (C=O) groups is 1. The Morgan fingerprint density at radius 3 is 2.86 bits per heavy atom. The van der Waals surface area contributed by atoms with Gasteiger partial charge in [-0.3, -0.25) is 9.48 Å². The molecule has 1 aliphatic carbocycles. The summed E-state index contributed by atoms with van der Waals surface area (Å²) >= 11 is 0. The summed E-state index contributed by atoms with van der Waals surface area (Å²) in [6, 6.07) is 15.9. The van der Waals surface area contributed by atoms with Crippen LogP contribution in [0.3, 0.4) is 0 Å². The van der Waals surface area contributed by atoms with E-state index in [1.165, 1.54) is 6.42 Å². The van der Waals surface area contributed by atoms with Gasteiger partial charge in [-0.2, -0.15) is 5.10 Å². The van der Waals surface area contributed by atoms with Crippen LogP contribution in [0, 0.1) is 0 Å². The first-order chi connectivity index (χ1) is 14.2. The van der Waals surface area contributed by atoms with E-state index in [9.17, 15) is 4.79 Å². The number of carbonyl (C=O) groups excluding carboxylic acids is 1. The van der Waals surface area contributed by atoms with Crippen molar-refractivity contribution in [1.29, 1.82) is 0 Å². The zero-order valence-electron chi connectivity index (χ0n) is 16.4. The van der Waals surface area contributed by atoms with Crippen molar-refractivity contribution >= 4 is 22.6 Å². The highest BCUT2D eigenvalue weighted by Gasteiger charge is 2.27. The van der Waals surface area contributed by atoms with E-state index in [1.54, 1.807) is 4.68 Å². The molecule has 146 valence electrons. The van der Waals surface area contributed by atoms with Gasteiger partial charge in [0.05, 0.1) is 17.2 Å². The summed E-state index contributed by atoms with van der Waals surface area (Å²) in [5.41, 5.74) is 5.60. The molecule has 1 fully saturated rings. The summed E-state index contributed by atoms with van der Waals surface area (Å²) in [6.07, 6.45) is 6.02. The monoisotopic (exact) mass is 385 g/mol. The van der Waals surface area contributed by atoms with Gasteiger partial charge in [0.1, 0.15) is 11.5 Å². The van der Waals surface area contributed by atoms with Crippen LogP contribution in [-0.2, 0) is 13.5 Å². The predicted molar refractivity (Wildman–Crippen MR) is 113 cm³/mol. The molecule has 0 spiro atoms. The van der Waals surface area contributed by atoms with Crippen molar-refractivity contribution in [2.24, 2.45) is 7.05 Å². The Bertz CT molecular complexity index is 1150. The van der Waals surface area contributed by atoms with E-state index < -0.39 is 0 Å². The van der Waals surface area contributed by atoms with E-state index in [1.807, 2.05) is 61.8 Å². The topological polar surface area (TPSA) is 75.6 Å². The molecule has 0 unspecified atom stereocenters. The molecule has 0 bridgehead atoms. The SMILES string of the molecule is Cn1ncc(C2CCC2)c1C(=O)Nc1cccc(Cc2nc3ccccc3[nH]2)c1. The van der Waals surface area contributed by atoms with Crippen molar-refractivity contribution in [2.75, 3.05) is 5.32 Å². The van der Waals surface area contributed by atoms with Gasteiger partial charge in [0.2, 0.25) is 0 Å². The fraction of sp³-hybridized carbons (Fsp3) is 0.261. The molecule has 1 saturated carbocycles. The molecule has 6 heteroatoms. The second-order valence-corrected chi connectivity index (χ2v) is 7.73. The van der Waals surface area contributed by atoms with Gasteiger partial charge in [-0.1, -0.05) is 30.7 Å². The number of nitrogens with one attached hydrogen (secondary N) is 2. The number of amides is 1. The highest BCUT2D eigenvalue weighted by molar-refractivity contribution is 6.04. The third-order valence-corrected chi connectivity index (χ3v) is 5.72. The van der Waals surface area contributed by atoms with E-state index in [2.05, 4.69) is 20.4 Å². The molecule has 6 nitrogen and oxygen atoms in total. The first-order valence-corrected chi connectivity index (χ1v) is 10.0. The minimum absolute atomic E-state index is 0.104. The molecular formula is C23H23N5O. The average molecular weight is 385 g/mol. The first kappa shape index (κ1) is 17.7. The van der Waals surface area contributed by atoms with E-state index in [0.717, 1.165) is 46.5 Å². The number of para-hydroxylation sites is 2. The Balaban J connectivity index is 1.35. The molecule has 0 saturated heterocycles. The van der Waals surface area contributed by atoms with Crippen molar-refractivity contribution < 1.29 is 4.79 Å². The summed E-state index contributed by atoms with van der Waals surface area (Å²) < 4.78 is 1.68. The Hall–Kier alpha value is -3.41. The second kappa shape index (κ2) is 7.20. The van der Waals surface area contributed by atoms with Crippen LogP contribution in [0.5, 0.6) is 0 Å². The Morgan fingerprint density at radius 1 is 1.21 bits per heavy atom. The average Bonchev–Trinajstić information content (AvgIpc) is 3.23. The number of imidazole rings is 1. The molecule has 0 aliphatic heterocycles. The number of rotatable bonds is 5. The molecule has 2 N–H and O–H groups in total. The summed E-state index contributed by atoms with van der Waals surface area (Å²) in [5, 5.41) is 7.37. The second-order valence-electron chi connectivity index (χ2n) is 7.73. The van der Waals surface area contributed by atoms with Gasteiger partial charge in [0.25, 0.3) is 5.91 Å². The Kier molecular flexibility index (Phi) is 4.39. The summed E-state index contributed by atoms with van der Waals surface area (Å²) in [7, 11) is 1.83. The minimum atomic E-state index is -0.104. The quantitative estimate of drug-likeness (QED) is 0.534. The van der Waals surface area contributed by atoms with Gasteiger partial charge in [-0.05, 0) is 48.6 Å². The number of nitrogens with zero attached hydrogens (tertiary/aromatic N) is 3. The number of aromatic nitrogens is 4. The van der Waals surface area contributed by atoms with Gasteiger partial charge >= 0.3 is 0 Å². The highest BCUT2D eigenvalue weighted by atomic mass is 16.2. The maximum atomic E-state index is 13.0. The first-order valence-electron chi connectivity index (χ1n) is 10.0. The lowest BCUT2D eigenvalue weighted by Gasteiger charge is -2.25. The lowest BCUT2D eigenvalue weighted by molar-refractivity contribution is 0.101. The van der Waals surface area contributed by atoms with E-state index in [-0.39, 0.29) is 5.91 Å². The number of hydrogen-bond acceptors (Lipinski definition) is 3. The fourth-order valence-corrected chi connectivity index (χ4v) is 3.98. The van der Waals surface area contributed by atoms with Crippen molar-refractivity contribution in [3.8, 4) is 0 Å². The number of aryl methyl sites for hydroxylation is 1. The van der Waals surface area contributed by atoms with Gasteiger partial charge < -0.3 is 10.3 Å². The van der Waals surface area contributed by atoms with Gasteiger partial charge in [-0.15, -0.1) is 0 Å². The smallest absolute Gasteiger partial charge is 0.274 e. The van der Waals surface area contributed by atoms with Crippen LogP contribution in [-0.4, -0.2) is 25.7 Å². The standard InChI is InChI=1S/C23H23N5O/c1-28-22(18(14-24-28)16-7-5-8-16)23(29)25-17-9-4-6-15(12-17)13-21-26-19-10-2-3-11-20(19)27-21/h2-4,6,9-12,14,16H,5,7-8,13H2,1H3,(H,25,29)(H,26,27). The molecule has 2 aromatic heterocycles. The molecule has 2 heterocycles. The van der Waals surface area contributed by atoms with Gasteiger partial charge in [0.15, 0.2) is 0 Å². The number of anilines is 1. The van der Waals surface area contributed by atoms with E-state index in [0.29, 0.717) is 18.0 Å². The highest BCUT2D eigenvalue weighted by Crippen LogP contribution is 2.38. The predicted octanol–water partition coefficient (Wildman–Crippen LogP) is 4.41. The third kappa shape index (κ3) is 3.42. The Labute approximate surface area is 169 Å². The molecular weight excluding hydrogens is 362 g/mol. The van der Waals surface area contributed by atoms with Gasteiger partial charge in [0, 0.05) is 24.7 Å². The summed E-state index contributed by atoms with van der Waals surface area (Å²) in [5.74, 6) is 1.27. The summed E-state index contributed by atoms with van der Waals surface area (Å²) in [6.45, 7) is 0. The van der Waals surface area contributed by atoms with Crippen LogP contribution in [0.1, 0.15) is 52.6 Å². The minimum Gasteiger partial charge on any atom is -0.342 e. The lowest BCUT2D eigenvalue weighted by atomic mass is 9.80. The number of H-pyrrole nitrogens is 1. The normalized spacial score (nSPS) is 14.1. The Morgan fingerprint density at radius 2 is 2.07 bits per heavy atom. The van der Waals surface area contributed by atoms with E-state index in [4.69, 9.17) is 0 Å². The molecule has 2 aromatic carbocycles. The van der Waals surface area contributed by atoms with Crippen LogP contribution in [0.2, 0.25) is 0 Å². The third-order valence-electron chi connectivity index (χ3n) is 5.72. The van der Waals surface area contributed by atoms with Crippen LogP contribution in [0.4, 0.5) is 5.69 Å². The van der Waals surface area contributed by atoms with Crippen molar-refractivity contribution in [1.82, 2.24) is 19.7 Å². The maximum absolute atomic E-state index is 13.0. The molecule has 1 amide bonds. The van der Waals surface area contributed by atoms with Crippen LogP contribution < -0.4 is 5.32 Å². The maximum Gasteiger partial charge on any atom is 0.274 e. The van der Waals surface area contributed by atoms with Crippen molar-refractivity contribution in [2.45, 2.75) is 31.6 Å². The number of aromatic amines is 1. The number of fused-ring (bicyclic) bond motifs is 1. The largest absolute Gasteiger partial charge is 0.342 e. The zero-order chi connectivity index (χ0) is 19.8. The number of hydrogen-bond donors (Lipinski definition) is 2. The summed E-state index contributed by atoms with van der Waals surface area (Å²) in [4.78, 5) is 21.0. The van der Waals surface area contributed by atoms with Crippen LogP contribution in [0.15, 0.2) is 54.7 Å². The molecule has 4 aromatic rings. The van der Waals surface area contributed by atoms with E-state index >= 15 is 0 Å². The fourth-order valence-electron chi connectivity index (χ4n) is 3.98. The van der Waals surface area contributed by atoms with Gasteiger partial charge in [-0.25, -0.2) is 4.98 Å². The van der Waals surface area contributed by atoms with Crippen molar-refractivity contribution in [3.63, 3.8) is 0 Å². The molecule has 29 heavy (non-hydrogen) atoms. The van der Waals surface area contributed by atoms with Crippen molar-refractivity contribution in [3.05, 3.63) is 77.4 Å².